The fourth-order valence-corrected chi connectivity index (χ4v) is 3.48. The molecule has 2 aromatic carbocycles. The van der Waals surface area contributed by atoms with Gasteiger partial charge < -0.3 is 9.84 Å². The predicted molar refractivity (Wildman–Crippen MR) is 97.0 cm³/mol. The standard InChI is InChI=1S/C20H22ClFO3/c1-5-15-11(2)16(12(3)18(19(15)23)20(24)25-4)10-17(21)13-6-8-14(22)9-7-13/h6-9,17,23H,5,10H2,1-4H3. The van der Waals surface area contributed by atoms with E-state index >= 15 is 0 Å². The van der Waals surface area contributed by atoms with Crippen molar-refractivity contribution in [2.75, 3.05) is 7.11 Å². The summed E-state index contributed by atoms with van der Waals surface area (Å²) >= 11 is 6.54. The highest BCUT2D eigenvalue weighted by Crippen LogP contribution is 2.37. The molecule has 0 radical (unpaired) electrons. The molecule has 0 aliphatic heterocycles. The molecule has 0 aliphatic carbocycles. The summed E-state index contributed by atoms with van der Waals surface area (Å²) in [5.41, 5.74) is 4.17. The van der Waals surface area contributed by atoms with Gasteiger partial charge in [0.15, 0.2) is 0 Å². The Hall–Kier alpha value is -2.07. The van der Waals surface area contributed by atoms with Gasteiger partial charge in [0.1, 0.15) is 17.1 Å². The molecule has 1 atom stereocenters. The van der Waals surface area contributed by atoms with Crippen LogP contribution >= 0.6 is 11.6 Å². The first-order chi connectivity index (χ1) is 11.8. The van der Waals surface area contributed by atoms with Gasteiger partial charge in [0.2, 0.25) is 0 Å². The minimum atomic E-state index is -0.571. The lowest BCUT2D eigenvalue weighted by Crippen LogP contribution is -2.12. The molecule has 2 aromatic rings. The lowest BCUT2D eigenvalue weighted by Gasteiger charge is -2.21. The molecular formula is C20H22ClFO3. The van der Waals surface area contributed by atoms with E-state index in [-0.39, 0.29) is 22.5 Å². The molecule has 0 amide bonds. The normalized spacial score (nSPS) is 12.1. The van der Waals surface area contributed by atoms with E-state index in [0.29, 0.717) is 24.0 Å². The van der Waals surface area contributed by atoms with Crippen LogP contribution in [0, 0.1) is 19.7 Å². The van der Waals surface area contributed by atoms with E-state index in [9.17, 15) is 14.3 Å². The maximum atomic E-state index is 13.1. The second-order valence-electron chi connectivity index (χ2n) is 6.00. The Kier molecular flexibility index (Phi) is 6.07. The first-order valence-electron chi connectivity index (χ1n) is 8.13. The van der Waals surface area contributed by atoms with Crippen molar-refractivity contribution in [1.82, 2.24) is 0 Å². The molecule has 0 aromatic heterocycles. The van der Waals surface area contributed by atoms with Crippen molar-refractivity contribution in [3.05, 3.63) is 63.5 Å². The van der Waals surface area contributed by atoms with Crippen molar-refractivity contribution < 1.29 is 19.0 Å². The van der Waals surface area contributed by atoms with Crippen molar-refractivity contribution >= 4 is 17.6 Å². The van der Waals surface area contributed by atoms with E-state index < -0.39 is 5.97 Å². The predicted octanol–water partition coefficient (Wildman–Crippen LogP) is 5.02. The minimum absolute atomic E-state index is 0.0268. The number of phenolic OH excluding ortho intramolecular Hbond substituents is 1. The van der Waals surface area contributed by atoms with E-state index in [1.165, 1.54) is 19.2 Å². The number of carbonyl (C=O) groups is 1. The van der Waals surface area contributed by atoms with Crippen LogP contribution in [0.1, 0.15) is 50.5 Å². The van der Waals surface area contributed by atoms with Gasteiger partial charge in [0.05, 0.1) is 12.5 Å². The van der Waals surface area contributed by atoms with E-state index in [4.69, 9.17) is 16.3 Å². The molecule has 0 saturated heterocycles. The molecular weight excluding hydrogens is 343 g/mol. The summed E-state index contributed by atoms with van der Waals surface area (Å²) in [6.07, 6.45) is 1.04. The van der Waals surface area contributed by atoms with E-state index in [1.54, 1.807) is 19.1 Å². The quantitative estimate of drug-likeness (QED) is 0.598. The summed E-state index contributed by atoms with van der Waals surface area (Å²) in [5.74, 6) is -0.911. The number of benzene rings is 2. The molecule has 0 fully saturated rings. The number of ether oxygens (including phenoxy) is 1. The number of halogens is 2. The van der Waals surface area contributed by atoms with E-state index in [1.807, 2.05) is 13.8 Å². The fourth-order valence-electron chi connectivity index (χ4n) is 3.18. The highest BCUT2D eigenvalue weighted by molar-refractivity contribution is 6.21. The Labute approximate surface area is 152 Å². The minimum Gasteiger partial charge on any atom is -0.507 e. The van der Waals surface area contributed by atoms with Crippen molar-refractivity contribution in [3.63, 3.8) is 0 Å². The number of rotatable bonds is 5. The second-order valence-corrected chi connectivity index (χ2v) is 6.53. The molecule has 1 unspecified atom stereocenters. The van der Waals surface area contributed by atoms with Crippen LogP contribution in [0.25, 0.3) is 0 Å². The lowest BCUT2D eigenvalue weighted by molar-refractivity contribution is 0.0596. The van der Waals surface area contributed by atoms with Crippen molar-refractivity contribution in [1.29, 1.82) is 0 Å². The Morgan fingerprint density at radius 2 is 1.80 bits per heavy atom. The molecule has 0 spiro atoms. The van der Waals surface area contributed by atoms with Crippen LogP contribution in [0.15, 0.2) is 24.3 Å². The summed E-state index contributed by atoms with van der Waals surface area (Å²) in [6.45, 7) is 5.61. The molecule has 3 nitrogen and oxygen atoms in total. The monoisotopic (exact) mass is 364 g/mol. The Morgan fingerprint density at radius 3 is 2.32 bits per heavy atom. The van der Waals surface area contributed by atoms with Crippen molar-refractivity contribution in [2.24, 2.45) is 0 Å². The summed E-state index contributed by atoms with van der Waals surface area (Å²) in [4.78, 5) is 12.1. The van der Waals surface area contributed by atoms with Crippen LogP contribution in [0.4, 0.5) is 4.39 Å². The number of carbonyl (C=O) groups excluding carboxylic acids is 1. The van der Waals surface area contributed by atoms with E-state index in [0.717, 1.165) is 16.7 Å². The zero-order valence-corrected chi connectivity index (χ0v) is 15.6. The first-order valence-corrected chi connectivity index (χ1v) is 8.57. The molecule has 2 rings (SSSR count). The third-order valence-electron chi connectivity index (χ3n) is 4.61. The highest BCUT2D eigenvalue weighted by Gasteiger charge is 2.25. The largest absolute Gasteiger partial charge is 0.507 e. The molecule has 134 valence electrons. The SMILES string of the molecule is CCc1c(C)c(CC(Cl)c2ccc(F)cc2)c(C)c(C(=O)OC)c1O. The summed E-state index contributed by atoms with van der Waals surface area (Å²) < 4.78 is 17.9. The number of alkyl halides is 1. The molecule has 5 heteroatoms. The van der Waals surface area contributed by atoms with Crippen LogP contribution in [0.3, 0.4) is 0 Å². The second kappa shape index (κ2) is 7.87. The average Bonchev–Trinajstić information content (AvgIpc) is 2.59. The average molecular weight is 365 g/mol. The van der Waals surface area contributed by atoms with Crippen molar-refractivity contribution in [2.45, 2.75) is 39.0 Å². The van der Waals surface area contributed by atoms with Crippen molar-refractivity contribution in [3.8, 4) is 5.75 Å². The van der Waals surface area contributed by atoms with Gasteiger partial charge in [0, 0.05) is 0 Å². The van der Waals surface area contributed by atoms with Gasteiger partial charge in [-0.25, -0.2) is 9.18 Å². The molecule has 0 saturated carbocycles. The summed E-state index contributed by atoms with van der Waals surface area (Å²) in [6, 6.07) is 6.05. The number of esters is 1. The number of hydrogen-bond acceptors (Lipinski definition) is 3. The first kappa shape index (κ1) is 19.3. The summed E-state index contributed by atoms with van der Waals surface area (Å²) in [7, 11) is 1.29. The molecule has 1 N–H and O–H groups in total. The number of aromatic hydroxyl groups is 1. The zero-order chi connectivity index (χ0) is 18.7. The van der Waals surface area contributed by atoms with E-state index in [2.05, 4.69) is 0 Å². The highest BCUT2D eigenvalue weighted by atomic mass is 35.5. The third kappa shape index (κ3) is 3.79. The Balaban J connectivity index is 2.52. The van der Waals surface area contributed by atoms with Crippen LogP contribution < -0.4 is 0 Å². The van der Waals surface area contributed by atoms with Gasteiger partial charge >= 0.3 is 5.97 Å². The van der Waals surface area contributed by atoms with Crippen LogP contribution in [0.5, 0.6) is 5.75 Å². The number of hydrogen-bond donors (Lipinski definition) is 1. The number of methoxy groups -OCH3 is 1. The maximum Gasteiger partial charge on any atom is 0.341 e. The van der Waals surface area contributed by atoms with Gasteiger partial charge in [-0.05, 0) is 66.6 Å². The third-order valence-corrected chi connectivity index (χ3v) is 5.02. The topological polar surface area (TPSA) is 46.5 Å². The Bertz CT molecular complexity index is 785. The smallest absolute Gasteiger partial charge is 0.341 e. The lowest BCUT2D eigenvalue weighted by atomic mass is 9.87. The molecule has 0 heterocycles. The zero-order valence-electron chi connectivity index (χ0n) is 14.8. The van der Waals surface area contributed by atoms with Crippen LogP contribution in [-0.4, -0.2) is 18.2 Å². The van der Waals surface area contributed by atoms with Gasteiger partial charge in [0.25, 0.3) is 0 Å². The maximum absolute atomic E-state index is 13.1. The fraction of sp³-hybridized carbons (Fsp3) is 0.350. The summed E-state index contributed by atoms with van der Waals surface area (Å²) in [5, 5.41) is 10.1. The molecule has 25 heavy (non-hydrogen) atoms. The van der Waals surface area contributed by atoms with Crippen LogP contribution in [0.2, 0.25) is 0 Å². The van der Waals surface area contributed by atoms with Gasteiger partial charge in [-0.15, -0.1) is 11.6 Å². The Morgan fingerprint density at radius 1 is 1.20 bits per heavy atom. The van der Waals surface area contributed by atoms with Gasteiger partial charge in [-0.2, -0.15) is 0 Å². The number of phenols is 1. The van der Waals surface area contributed by atoms with Crippen LogP contribution in [-0.2, 0) is 17.6 Å². The van der Waals surface area contributed by atoms with Gasteiger partial charge in [-0.1, -0.05) is 19.1 Å². The molecule has 0 aliphatic rings. The molecule has 0 bridgehead atoms. The van der Waals surface area contributed by atoms with Gasteiger partial charge in [-0.3, -0.25) is 0 Å².